The summed E-state index contributed by atoms with van der Waals surface area (Å²) < 4.78 is 2.59. The second-order valence-corrected chi connectivity index (χ2v) is 12.9. The summed E-state index contributed by atoms with van der Waals surface area (Å²) in [7, 11) is -0.399. The first kappa shape index (κ1) is 17.7. The molecular formula is C22H24NPSi. The highest BCUT2D eigenvalue weighted by Gasteiger charge is 2.28. The lowest BCUT2D eigenvalue weighted by atomic mass is 10.2. The van der Waals surface area contributed by atoms with Gasteiger partial charge in [-0.1, -0.05) is 98.5 Å². The molecule has 3 aromatic rings. The van der Waals surface area contributed by atoms with Crippen molar-refractivity contribution in [3.63, 3.8) is 0 Å². The van der Waals surface area contributed by atoms with Crippen LogP contribution in [0.5, 0.6) is 0 Å². The van der Waals surface area contributed by atoms with Crippen molar-refractivity contribution in [3.8, 4) is 0 Å². The normalized spacial score (nSPS) is 12.0. The highest BCUT2D eigenvalue weighted by Crippen LogP contribution is 2.27. The quantitative estimate of drug-likeness (QED) is 0.411. The molecule has 0 aliphatic rings. The van der Waals surface area contributed by atoms with Gasteiger partial charge in [-0.25, -0.2) is 0 Å². The maximum Gasteiger partial charge on any atom is 0.154 e. The Bertz CT molecular complexity index is 824. The Balaban J connectivity index is 2.20. The number of para-hydroxylation sites is 1. The number of hydrogen-bond donors (Lipinski definition) is 0. The summed E-state index contributed by atoms with van der Waals surface area (Å²) >= 11 is 0. The van der Waals surface area contributed by atoms with Crippen LogP contribution in [0.2, 0.25) is 19.6 Å². The Hall–Kier alpha value is -2.15. The summed E-state index contributed by atoms with van der Waals surface area (Å²) in [6, 6.07) is 32.3. The topological polar surface area (TPSA) is 3.24 Å². The molecule has 0 atom stereocenters. The predicted octanol–water partition coefficient (Wildman–Crippen LogP) is 5.78. The lowest BCUT2D eigenvalue weighted by molar-refractivity contribution is 1.39. The van der Waals surface area contributed by atoms with Gasteiger partial charge in [-0.05, 0) is 20.3 Å². The zero-order valence-electron chi connectivity index (χ0n) is 15.1. The minimum absolute atomic E-state index is 1.24. The monoisotopic (exact) mass is 361 g/mol. The third kappa shape index (κ3) is 4.48. The Morgan fingerprint density at radius 1 is 0.680 bits per heavy atom. The molecule has 0 aromatic heterocycles. The number of rotatable bonds is 5. The maximum absolute atomic E-state index is 2.59. The van der Waals surface area contributed by atoms with Crippen LogP contribution < -0.4 is 9.87 Å². The van der Waals surface area contributed by atoms with Crippen LogP contribution >= 0.6 is 8.20 Å². The van der Waals surface area contributed by atoms with Crippen LogP contribution in [0.1, 0.15) is 5.56 Å². The Labute approximate surface area is 153 Å². The summed E-state index contributed by atoms with van der Waals surface area (Å²) in [6.45, 7) is 7.22. The van der Waals surface area contributed by atoms with Crippen LogP contribution in [0.15, 0.2) is 91.0 Å². The molecular weight excluding hydrogens is 337 g/mol. The molecule has 1 nitrogen and oxygen atoms in total. The van der Waals surface area contributed by atoms with E-state index >= 15 is 0 Å². The van der Waals surface area contributed by atoms with Crippen LogP contribution in [0.3, 0.4) is 0 Å². The molecule has 0 bridgehead atoms. The largest absolute Gasteiger partial charge is 0.365 e. The SMILES string of the molecule is C[Si](C)(C)N(C(=Pc1ccccc1)c1ccccc1)c1ccccc1. The zero-order valence-corrected chi connectivity index (χ0v) is 16.9. The molecule has 126 valence electrons. The minimum Gasteiger partial charge on any atom is -0.365 e. The van der Waals surface area contributed by atoms with E-state index in [0.29, 0.717) is 0 Å². The highest BCUT2D eigenvalue weighted by molar-refractivity contribution is 7.50. The van der Waals surface area contributed by atoms with E-state index < -0.39 is 8.24 Å². The summed E-state index contributed by atoms with van der Waals surface area (Å²) in [6.07, 6.45) is 0. The van der Waals surface area contributed by atoms with E-state index in [0.717, 1.165) is 0 Å². The predicted molar refractivity (Wildman–Crippen MR) is 116 cm³/mol. The van der Waals surface area contributed by atoms with Gasteiger partial charge in [-0.3, -0.25) is 0 Å². The minimum atomic E-state index is -1.64. The van der Waals surface area contributed by atoms with Crippen molar-refractivity contribution in [2.45, 2.75) is 19.6 Å². The molecule has 3 heteroatoms. The first-order valence-corrected chi connectivity index (χ1v) is 12.9. The molecule has 3 aromatic carbocycles. The third-order valence-corrected chi connectivity index (χ3v) is 7.16. The number of benzene rings is 3. The number of anilines is 1. The summed E-state index contributed by atoms with van der Waals surface area (Å²) in [5.41, 5.74) is 3.93. The number of nitrogens with zero attached hydrogens (tertiary/aromatic N) is 1. The van der Waals surface area contributed by atoms with E-state index in [-0.39, 0.29) is 0 Å². The van der Waals surface area contributed by atoms with Crippen molar-refractivity contribution in [2.24, 2.45) is 0 Å². The molecule has 0 unspecified atom stereocenters. The standard InChI is InChI=1S/C22H24NPSi/c1-25(2,3)23(20-15-9-5-10-16-20)22(19-13-7-4-8-14-19)24-21-17-11-6-12-18-21/h4-18H,1-3H3. The average Bonchev–Trinajstić information content (AvgIpc) is 2.63. The zero-order chi connectivity index (χ0) is 17.7. The second kappa shape index (κ2) is 7.82. The smallest absolute Gasteiger partial charge is 0.154 e. The molecule has 0 aliphatic carbocycles. The Kier molecular flexibility index (Phi) is 5.52. The van der Waals surface area contributed by atoms with Crippen LogP contribution in [0.25, 0.3) is 0 Å². The van der Waals surface area contributed by atoms with Crippen LogP contribution in [-0.4, -0.2) is 13.7 Å². The van der Waals surface area contributed by atoms with Crippen molar-refractivity contribution in [3.05, 3.63) is 96.6 Å². The average molecular weight is 362 g/mol. The molecule has 0 fully saturated rings. The fraction of sp³-hybridized carbons (Fsp3) is 0.136. The fourth-order valence-corrected chi connectivity index (χ4v) is 6.66. The van der Waals surface area contributed by atoms with Gasteiger partial charge < -0.3 is 4.57 Å². The van der Waals surface area contributed by atoms with Gasteiger partial charge in [0.25, 0.3) is 0 Å². The van der Waals surface area contributed by atoms with Crippen molar-refractivity contribution in [2.75, 3.05) is 4.57 Å². The fourth-order valence-electron chi connectivity index (χ4n) is 2.86. The van der Waals surface area contributed by atoms with E-state index in [2.05, 4.69) is 115 Å². The van der Waals surface area contributed by atoms with Crippen LogP contribution in [0, 0.1) is 0 Å². The van der Waals surface area contributed by atoms with Crippen LogP contribution in [0.4, 0.5) is 5.69 Å². The molecule has 0 aliphatic heterocycles. The molecule has 3 rings (SSSR count). The van der Waals surface area contributed by atoms with E-state index in [1.165, 1.54) is 30.2 Å². The molecule has 0 saturated carbocycles. The summed E-state index contributed by atoms with van der Waals surface area (Å²) in [5, 5.41) is 1.32. The molecule has 0 amide bonds. The van der Waals surface area contributed by atoms with Gasteiger partial charge in [0.05, 0.1) is 5.42 Å². The van der Waals surface area contributed by atoms with Crippen LogP contribution in [-0.2, 0) is 0 Å². The van der Waals surface area contributed by atoms with Gasteiger partial charge in [0.2, 0.25) is 0 Å². The summed E-state index contributed by atoms with van der Waals surface area (Å²) in [5.74, 6) is 0. The van der Waals surface area contributed by atoms with Crippen molar-refractivity contribution >= 4 is 32.8 Å². The lowest BCUT2D eigenvalue weighted by Crippen LogP contribution is -2.50. The first-order chi connectivity index (χ1) is 12.1. The molecule has 0 N–H and O–H groups in total. The first-order valence-electron chi connectivity index (χ1n) is 8.60. The van der Waals surface area contributed by atoms with Gasteiger partial charge in [0.15, 0.2) is 8.24 Å². The molecule has 0 radical (unpaired) electrons. The van der Waals surface area contributed by atoms with E-state index in [4.69, 9.17) is 0 Å². The van der Waals surface area contributed by atoms with Gasteiger partial charge >= 0.3 is 0 Å². The highest BCUT2D eigenvalue weighted by atomic mass is 31.1. The van der Waals surface area contributed by atoms with Crippen molar-refractivity contribution in [1.29, 1.82) is 0 Å². The third-order valence-electron chi connectivity index (χ3n) is 3.92. The van der Waals surface area contributed by atoms with Gasteiger partial charge in [0, 0.05) is 16.6 Å². The lowest BCUT2D eigenvalue weighted by Gasteiger charge is -2.38. The van der Waals surface area contributed by atoms with Crippen molar-refractivity contribution in [1.82, 2.24) is 0 Å². The van der Waals surface area contributed by atoms with Gasteiger partial charge in [-0.2, -0.15) is 0 Å². The molecule has 0 spiro atoms. The van der Waals surface area contributed by atoms with E-state index in [9.17, 15) is 0 Å². The Morgan fingerprint density at radius 3 is 1.68 bits per heavy atom. The molecule has 0 saturated heterocycles. The van der Waals surface area contributed by atoms with Crippen molar-refractivity contribution < 1.29 is 0 Å². The second-order valence-electron chi connectivity index (χ2n) is 6.98. The molecule has 0 heterocycles. The Morgan fingerprint density at radius 2 is 1.16 bits per heavy atom. The maximum atomic E-state index is 2.59. The molecule has 25 heavy (non-hydrogen) atoms. The summed E-state index contributed by atoms with van der Waals surface area (Å²) in [4.78, 5) is 0. The van der Waals surface area contributed by atoms with E-state index in [1.54, 1.807) is 0 Å². The number of hydrogen-bond acceptors (Lipinski definition) is 0. The van der Waals surface area contributed by atoms with E-state index in [1.807, 2.05) is 0 Å². The van der Waals surface area contributed by atoms with Gasteiger partial charge in [0.1, 0.15) is 0 Å². The van der Waals surface area contributed by atoms with Gasteiger partial charge in [-0.15, -0.1) is 0 Å².